The lowest BCUT2D eigenvalue weighted by Crippen LogP contribution is -2.44. The first-order valence-corrected chi connectivity index (χ1v) is 7.93. The molecule has 0 N–H and O–H groups in total. The predicted molar refractivity (Wildman–Crippen MR) is 86.6 cm³/mol. The smallest absolute Gasteiger partial charge is 0.282 e. The minimum absolute atomic E-state index is 0.197. The number of fused-ring (bicyclic) bond motifs is 1. The summed E-state index contributed by atoms with van der Waals surface area (Å²) in [5.41, 5.74) is 1.30. The van der Waals surface area contributed by atoms with Gasteiger partial charge in [0.25, 0.3) is 6.43 Å². The summed E-state index contributed by atoms with van der Waals surface area (Å²) in [5.74, 6) is 0.765. The Balaban J connectivity index is 1.76. The number of hydrogen-bond donors (Lipinski definition) is 0. The van der Waals surface area contributed by atoms with Crippen LogP contribution in [0.4, 0.5) is 14.6 Å². The number of halogens is 2. The average Bonchev–Trinajstić information content (AvgIpc) is 3.05. The Hall–Kier alpha value is -2.68. The Kier molecular flexibility index (Phi) is 4.00. The molecule has 3 aromatic heterocycles. The van der Waals surface area contributed by atoms with Gasteiger partial charge in [-0.3, -0.25) is 0 Å². The summed E-state index contributed by atoms with van der Waals surface area (Å²) in [6, 6.07) is 4.81. The zero-order valence-corrected chi connectivity index (χ0v) is 13.5. The molecule has 0 amide bonds. The Labute approximate surface area is 142 Å². The van der Waals surface area contributed by atoms with E-state index in [2.05, 4.69) is 31.9 Å². The number of anilines is 1. The monoisotopic (exact) mass is 346 g/mol. The van der Waals surface area contributed by atoms with Crippen LogP contribution in [0.15, 0.2) is 30.7 Å². The van der Waals surface area contributed by atoms with Crippen molar-refractivity contribution in [2.24, 2.45) is 0 Å². The van der Waals surface area contributed by atoms with Crippen molar-refractivity contribution in [2.45, 2.75) is 19.4 Å². The fourth-order valence-corrected chi connectivity index (χ4v) is 2.89. The third kappa shape index (κ3) is 2.91. The number of alkyl halides is 2. The van der Waals surface area contributed by atoms with Gasteiger partial charge in [-0.2, -0.15) is 5.10 Å². The lowest BCUT2D eigenvalue weighted by molar-refractivity contribution is 0.0985. The van der Waals surface area contributed by atoms with E-state index in [0.29, 0.717) is 30.2 Å². The van der Waals surface area contributed by atoms with Crippen LogP contribution < -0.4 is 4.90 Å². The van der Waals surface area contributed by atoms with Crippen LogP contribution in [0.1, 0.15) is 19.0 Å². The Morgan fingerprint density at radius 2 is 2.12 bits per heavy atom. The van der Waals surface area contributed by atoms with Crippen molar-refractivity contribution >= 4 is 11.5 Å². The molecule has 7 nitrogen and oxygen atoms in total. The fraction of sp³-hybridized carbons (Fsp3) is 0.375. The molecule has 0 aromatic carbocycles. The molecule has 4 rings (SSSR count). The first-order chi connectivity index (χ1) is 12.1. The quantitative estimate of drug-likeness (QED) is 0.725. The molecule has 1 saturated heterocycles. The molecular formula is C16H16F2N6O. The standard InChI is InChI=1S/C16H16F2N6O/c1-10-8-25-5-4-23(10)15-6-12(20-9-21-15)13-7-19-14-3-2-11(16(17)18)22-24(13)14/h2-3,6-7,9-10,16H,4-5,8H2,1H3/t10-/m1/s1. The van der Waals surface area contributed by atoms with Crippen molar-refractivity contribution in [3.8, 4) is 11.4 Å². The molecule has 1 fully saturated rings. The van der Waals surface area contributed by atoms with Crippen molar-refractivity contribution in [2.75, 3.05) is 24.7 Å². The van der Waals surface area contributed by atoms with Gasteiger partial charge < -0.3 is 9.64 Å². The van der Waals surface area contributed by atoms with Gasteiger partial charge in [-0.05, 0) is 19.1 Å². The molecule has 1 aliphatic heterocycles. The van der Waals surface area contributed by atoms with Crippen LogP contribution in [0.5, 0.6) is 0 Å². The van der Waals surface area contributed by atoms with E-state index in [1.165, 1.54) is 23.0 Å². The number of rotatable bonds is 3. The number of nitrogens with zero attached hydrogens (tertiary/aromatic N) is 6. The van der Waals surface area contributed by atoms with Crippen LogP contribution in [-0.4, -0.2) is 50.4 Å². The summed E-state index contributed by atoms with van der Waals surface area (Å²) in [6.07, 6.45) is 0.394. The summed E-state index contributed by atoms with van der Waals surface area (Å²) in [4.78, 5) is 15.0. The lowest BCUT2D eigenvalue weighted by atomic mass is 10.2. The summed E-state index contributed by atoms with van der Waals surface area (Å²) in [5, 5.41) is 3.98. The van der Waals surface area contributed by atoms with Crippen molar-refractivity contribution in [1.82, 2.24) is 24.6 Å². The number of morpholine rings is 1. The van der Waals surface area contributed by atoms with Gasteiger partial charge in [-0.15, -0.1) is 0 Å². The maximum Gasteiger partial charge on any atom is 0.282 e. The Bertz CT molecular complexity index is 899. The molecule has 25 heavy (non-hydrogen) atoms. The van der Waals surface area contributed by atoms with Gasteiger partial charge in [0, 0.05) is 12.6 Å². The predicted octanol–water partition coefficient (Wildman–Crippen LogP) is 2.35. The van der Waals surface area contributed by atoms with Gasteiger partial charge in [-0.1, -0.05) is 0 Å². The van der Waals surface area contributed by atoms with E-state index in [1.54, 1.807) is 6.20 Å². The van der Waals surface area contributed by atoms with Gasteiger partial charge in [0.1, 0.15) is 23.5 Å². The van der Waals surface area contributed by atoms with Crippen molar-refractivity contribution in [1.29, 1.82) is 0 Å². The van der Waals surface area contributed by atoms with Crippen molar-refractivity contribution in [3.63, 3.8) is 0 Å². The summed E-state index contributed by atoms with van der Waals surface area (Å²) >= 11 is 0. The molecule has 0 radical (unpaired) electrons. The molecule has 130 valence electrons. The Morgan fingerprint density at radius 3 is 2.92 bits per heavy atom. The molecule has 0 bridgehead atoms. The van der Waals surface area contributed by atoms with Gasteiger partial charge in [-0.25, -0.2) is 28.2 Å². The highest BCUT2D eigenvalue weighted by Gasteiger charge is 2.21. The van der Waals surface area contributed by atoms with Gasteiger partial charge in [0.05, 0.1) is 31.1 Å². The molecular weight excluding hydrogens is 330 g/mol. The van der Waals surface area contributed by atoms with E-state index < -0.39 is 6.43 Å². The molecule has 0 saturated carbocycles. The molecule has 9 heteroatoms. The number of aromatic nitrogens is 5. The molecule has 1 atom stereocenters. The minimum Gasteiger partial charge on any atom is -0.377 e. The van der Waals surface area contributed by atoms with Gasteiger partial charge in [0.2, 0.25) is 0 Å². The second-order valence-electron chi connectivity index (χ2n) is 5.85. The van der Waals surface area contributed by atoms with E-state index in [4.69, 9.17) is 4.74 Å². The summed E-state index contributed by atoms with van der Waals surface area (Å²) < 4.78 is 32.7. The molecule has 0 spiro atoms. The summed E-state index contributed by atoms with van der Waals surface area (Å²) in [6.45, 7) is 4.07. The minimum atomic E-state index is -2.64. The molecule has 1 aliphatic rings. The topological polar surface area (TPSA) is 68.4 Å². The van der Waals surface area contributed by atoms with E-state index in [0.717, 1.165) is 12.4 Å². The third-order valence-corrected chi connectivity index (χ3v) is 4.18. The van der Waals surface area contributed by atoms with E-state index in [1.807, 2.05) is 6.07 Å². The highest BCUT2D eigenvalue weighted by Crippen LogP contribution is 2.24. The average molecular weight is 346 g/mol. The summed E-state index contributed by atoms with van der Waals surface area (Å²) in [7, 11) is 0. The molecule has 0 unspecified atom stereocenters. The van der Waals surface area contributed by atoms with E-state index in [9.17, 15) is 8.78 Å². The van der Waals surface area contributed by atoms with Crippen molar-refractivity contribution in [3.05, 3.63) is 36.4 Å². The number of imidazole rings is 1. The van der Waals surface area contributed by atoms with E-state index >= 15 is 0 Å². The maximum absolute atomic E-state index is 12.9. The van der Waals surface area contributed by atoms with Crippen LogP contribution in [0.25, 0.3) is 17.0 Å². The first-order valence-electron chi connectivity index (χ1n) is 7.93. The molecule has 0 aliphatic carbocycles. The lowest BCUT2D eigenvalue weighted by Gasteiger charge is -2.34. The SMILES string of the molecule is C[C@@H]1COCCN1c1cc(-c2cnc3ccc(C(F)F)nn23)ncn1. The fourth-order valence-electron chi connectivity index (χ4n) is 2.89. The maximum atomic E-state index is 12.9. The Morgan fingerprint density at radius 1 is 1.24 bits per heavy atom. The second-order valence-corrected chi connectivity index (χ2v) is 5.85. The van der Waals surface area contributed by atoms with Crippen molar-refractivity contribution < 1.29 is 13.5 Å². The number of ether oxygens (including phenoxy) is 1. The van der Waals surface area contributed by atoms with Crippen LogP contribution >= 0.6 is 0 Å². The zero-order valence-electron chi connectivity index (χ0n) is 13.5. The van der Waals surface area contributed by atoms with Gasteiger partial charge >= 0.3 is 0 Å². The van der Waals surface area contributed by atoms with Gasteiger partial charge in [0.15, 0.2) is 5.65 Å². The van der Waals surface area contributed by atoms with E-state index in [-0.39, 0.29) is 11.7 Å². The largest absolute Gasteiger partial charge is 0.377 e. The van der Waals surface area contributed by atoms with Crippen LogP contribution in [0.3, 0.4) is 0 Å². The van der Waals surface area contributed by atoms with Crippen LogP contribution in [0, 0.1) is 0 Å². The normalized spacial score (nSPS) is 18.2. The highest BCUT2D eigenvalue weighted by atomic mass is 19.3. The third-order valence-electron chi connectivity index (χ3n) is 4.18. The first kappa shape index (κ1) is 15.8. The molecule has 3 aromatic rings. The highest BCUT2D eigenvalue weighted by molar-refractivity contribution is 5.62. The number of hydrogen-bond acceptors (Lipinski definition) is 6. The van der Waals surface area contributed by atoms with Crippen LogP contribution in [0.2, 0.25) is 0 Å². The molecule has 4 heterocycles. The van der Waals surface area contributed by atoms with Crippen LogP contribution in [-0.2, 0) is 4.74 Å². The second kappa shape index (κ2) is 6.32. The zero-order chi connectivity index (χ0) is 17.4.